The lowest BCUT2D eigenvalue weighted by atomic mass is 9.85. The smallest absolute Gasteiger partial charge is 0.237 e. The SMILES string of the molecule is Cc1cccc(C(C)(C)C)c1OC(C)CNC(=O)C(C)Cl. The fraction of sp³-hybridized carbons (Fsp3) is 0.588. The summed E-state index contributed by atoms with van der Waals surface area (Å²) in [5, 5.41) is 2.26. The number of aryl methyl sites for hydroxylation is 1. The lowest BCUT2D eigenvalue weighted by molar-refractivity contribution is -0.120. The first kappa shape index (κ1) is 17.8. The molecule has 0 aliphatic rings. The van der Waals surface area contributed by atoms with Crippen molar-refractivity contribution in [3.8, 4) is 5.75 Å². The van der Waals surface area contributed by atoms with Crippen LogP contribution in [0, 0.1) is 6.92 Å². The first-order chi connectivity index (χ1) is 9.62. The number of carbonyl (C=O) groups excluding carboxylic acids is 1. The van der Waals surface area contributed by atoms with Crippen LogP contribution in [0.5, 0.6) is 5.75 Å². The van der Waals surface area contributed by atoms with Crippen molar-refractivity contribution < 1.29 is 9.53 Å². The molecule has 0 bridgehead atoms. The zero-order valence-corrected chi connectivity index (χ0v) is 14.5. The van der Waals surface area contributed by atoms with Crippen molar-refractivity contribution in [3.63, 3.8) is 0 Å². The third-order valence-electron chi connectivity index (χ3n) is 3.26. The molecule has 2 unspecified atom stereocenters. The van der Waals surface area contributed by atoms with Gasteiger partial charge in [0.25, 0.3) is 0 Å². The minimum atomic E-state index is -0.527. The molecule has 0 radical (unpaired) electrons. The Kier molecular flexibility index (Phi) is 6.09. The Labute approximate surface area is 133 Å². The topological polar surface area (TPSA) is 38.3 Å². The normalized spacial score (nSPS) is 14.4. The maximum absolute atomic E-state index is 11.5. The molecule has 0 saturated carbocycles. The third kappa shape index (κ3) is 5.24. The Balaban J connectivity index is 2.81. The summed E-state index contributed by atoms with van der Waals surface area (Å²) < 4.78 is 6.08. The number of rotatable bonds is 5. The highest BCUT2D eigenvalue weighted by Crippen LogP contribution is 2.34. The van der Waals surface area contributed by atoms with Crippen LogP contribution in [-0.2, 0) is 10.2 Å². The van der Waals surface area contributed by atoms with E-state index < -0.39 is 5.38 Å². The molecule has 1 rings (SSSR count). The number of benzene rings is 1. The van der Waals surface area contributed by atoms with Crippen molar-refractivity contribution in [2.24, 2.45) is 0 Å². The van der Waals surface area contributed by atoms with E-state index in [0.717, 1.165) is 11.3 Å². The molecule has 1 N–H and O–H groups in total. The van der Waals surface area contributed by atoms with Crippen LogP contribution >= 0.6 is 11.6 Å². The van der Waals surface area contributed by atoms with Gasteiger partial charge in [0, 0.05) is 0 Å². The molecule has 1 amide bonds. The highest BCUT2D eigenvalue weighted by Gasteiger charge is 2.21. The zero-order valence-electron chi connectivity index (χ0n) is 13.8. The summed E-state index contributed by atoms with van der Waals surface area (Å²) >= 11 is 5.73. The summed E-state index contributed by atoms with van der Waals surface area (Å²) in [4.78, 5) is 11.5. The number of ether oxygens (including phenoxy) is 1. The van der Waals surface area contributed by atoms with Gasteiger partial charge in [0.05, 0.1) is 6.54 Å². The van der Waals surface area contributed by atoms with Crippen molar-refractivity contribution in [2.75, 3.05) is 6.54 Å². The van der Waals surface area contributed by atoms with Gasteiger partial charge >= 0.3 is 0 Å². The molecule has 1 aromatic carbocycles. The number of hydrogen-bond donors (Lipinski definition) is 1. The van der Waals surface area contributed by atoms with Gasteiger partial charge in [-0.15, -0.1) is 11.6 Å². The van der Waals surface area contributed by atoms with Crippen LogP contribution in [-0.4, -0.2) is 23.9 Å². The van der Waals surface area contributed by atoms with E-state index in [-0.39, 0.29) is 17.4 Å². The van der Waals surface area contributed by atoms with Gasteiger partial charge in [0.1, 0.15) is 17.2 Å². The molecule has 0 aromatic heterocycles. The summed E-state index contributed by atoms with van der Waals surface area (Å²) in [7, 11) is 0. The predicted molar refractivity (Wildman–Crippen MR) is 88.3 cm³/mol. The number of carbonyl (C=O) groups is 1. The summed E-state index contributed by atoms with van der Waals surface area (Å²) in [6.45, 7) is 12.6. The van der Waals surface area contributed by atoms with E-state index in [0.29, 0.717) is 6.54 Å². The summed E-state index contributed by atoms with van der Waals surface area (Å²) in [6.07, 6.45) is -0.119. The second kappa shape index (κ2) is 7.17. The number of para-hydroxylation sites is 1. The molecule has 1 aromatic rings. The van der Waals surface area contributed by atoms with Gasteiger partial charge in [0.15, 0.2) is 0 Å². The largest absolute Gasteiger partial charge is 0.488 e. The minimum absolute atomic E-state index is 0.00890. The Hall–Kier alpha value is -1.22. The lowest BCUT2D eigenvalue weighted by Gasteiger charge is -2.26. The van der Waals surface area contributed by atoms with E-state index in [1.165, 1.54) is 5.56 Å². The quantitative estimate of drug-likeness (QED) is 0.840. The van der Waals surface area contributed by atoms with Gasteiger partial charge in [-0.2, -0.15) is 0 Å². The van der Waals surface area contributed by atoms with Crippen LogP contribution in [0.4, 0.5) is 0 Å². The summed E-state index contributed by atoms with van der Waals surface area (Å²) in [5.41, 5.74) is 2.28. The van der Waals surface area contributed by atoms with E-state index in [2.05, 4.69) is 32.2 Å². The molecule has 3 nitrogen and oxygen atoms in total. The van der Waals surface area contributed by atoms with Crippen LogP contribution in [0.15, 0.2) is 18.2 Å². The van der Waals surface area contributed by atoms with E-state index in [9.17, 15) is 4.79 Å². The first-order valence-corrected chi connectivity index (χ1v) is 7.75. The first-order valence-electron chi connectivity index (χ1n) is 7.31. The van der Waals surface area contributed by atoms with Gasteiger partial charge in [-0.3, -0.25) is 4.79 Å². The predicted octanol–water partition coefficient (Wildman–Crippen LogP) is 3.80. The maximum atomic E-state index is 11.5. The number of halogens is 1. The van der Waals surface area contributed by atoms with Gasteiger partial charge in [-0.25, -0.2) is 0 Å². The van der Waals surface area contributed by atoms with Crippen LogP contribution in [0.3, 0.4) is 0 Å². The molecule has 4 heteroatoms. The Morgan fingerprint density at radius 1 is 1.33 bits per heavy atom. The van der Waals surface area contributed by atoms with Crippen LogP contribution in [0.1, 0.15) is 45.7 Å². The summed E-state index contributed by atoms with van der Waals surface area (Å²) in [6, 6.07) is 6.18. The van der Waals surface area contributed by atoms with Crippen molar-refractivity contribution in [1.82, 2.24) is 5.32 Å². The van der Waals surface area contributed by atoms with Crippen molar-refractivity contribution in [2.45, 2.75) is 58.4 Å². The molecule has 0 fully saturated rings. The Morgan fingerprint density at radius 3 is 2.48 bits per heavy atom. The average molecular weight is 312 g/mol. The molecule has 118 valence electrons. The maximum Gasteiger partial charge on any atom is 0.237 e. The van der Waals surface area contributed by atoms with Gasteiger partial charge < -0.3 is 10.1 Å². The minimum Gasteiger partial charge on any atom is -0.488 e. The second-order valence-electron chi connectivity index (χ2n) is 6.49. The lowest BCUT2D eigenvalue weighted by Crippen LogP contribution is -2.37. The van der Waals surface area contributed by atoms with E-state index in [1.54, 1.807) is 6.92 Å². The molecule has 2 atom stereocenters. The number of hydrogen-bond acceptors (Lipinski definition) is 2. The third-order valence-corrected chi connectivity index (χ3v) is 3.46. The van der Waals surface area contributed by atoms with Crippen molar-refractivity contribution >= 4 is 17.5 Å². The van der Waals surface area contributed by atoms with Gasteiger partial charge in [-0.05, 0) is 37.3 Å². The highest BCUT2D eigenvalue weighted by molar-refractivity contribution is 6.30. The molecule has 0 aliphatic heterocycles. The fourth-order valence-corrected chi connectivity index (χ4v) is 2.10. The van der Waals surface area contributed by atoms with Crippen LogP contribution < -0.4 is 10.1 Å². The van der Waals surface area contributed by atoms with E-state index in [1.807, 2.05) is 26.0 Å². The molecule has 0 heterocycles. The second-order valence-corrected chi connectivity index (χ2v) is 7.15. The number of nitrogens with one attached hydrogen (secondary N) is 1. The average Bonchev–Trinajstić information content (AvgIpc) is 2.36. The van der Waals surface area contributed by atoms with Crippen LogP contribution in [0.2, 0.25) is 0 Å². The number of amides is 1. The number of alkyl halides is 1. The molecule has 0 saturated heterocycles. The molecule has 0 aliphatic carbocycles. The summed E-state index contributed by atoms with van der Waals surface area (Å²) in [5.74, 6) is 0.735. The highest BCUT2D eigenvalue weighted by atomic mass is 35.5. The van der Waals surface area contributed by atoms with Gasteiger partial charge in [0.2, 0.25) is 5.91 Å². The van der Waals surface area contributed by atoms with Crippen molar-refractivity contribution in [1.29, 1.82) is 0 Å². The van der Waals surface area contributed by atoms with Crippen LogP contribution in [0.25, 0.3) is 0 Å². The monoisotopic (exact) mass is 311 g/mol. The zero-order chi connectivity index (χ0) is 16.2. The molecular formula is C17H26ClNO2. The van der Waals surface area contributed by atoms with Crippen molar-refractivity contribution in [3.05, 3.63) is 29.3 Å². The fourth-order valence-electron chi connectivity index (χ4n) is 2.03. The molecule has 21 heavy (non-hydrogen) atoms. The van der Waals surface area contributed by atoms with Gasteiger partial charge in [-0.1, -0.05) is 39.0 Å². The molecule has 0 spiro atoms. The molecular weight excluding hydrogens is 286 g/mol. The standard InChI is InChI=1S/C17H26ClNO2/c1-11-8-7-9-14(17(4,5)6)15(11)21-12(2)10-19-16(20)13(3)18/h7-9,12-13H,10H2,1-6H3,(H,19,20). The Morgan fingerprint density at radius 2 is 1.95 bits per heavy atom. The van der Waals surface area contributed by atoms with E-state index >= 15 is 0 Å². The Bertz CT molecular complexity index is 492. The van der Waals surface area contributed by atoms with E-state index in [4.69, 9.17) is 16.3 Å².